The van der Waals surface area contributed by atoms with E-state index >= 15 is 0 Å². The van der Waals surface area contributed by atoms with Gasteiger partial charge in [0, 0.05) is 27.8 Å². The van der Waals surface area contributed by atoms with Crippen LogP contribution in [0.25, 0.3) is 0 Å². The van der Waals surface area contributed by atoms with Gasteiger partial charge in [-0.05, 0) is 38.5 Å². The van der Waals surface area contributed by atoms with Crippen molar-refractivity contribution in [2.75, 3.05) is 0 Å². The Morgan fingerprint density at radius 1 is 1.29 bits per heavy atom. The maximum absolute atomic E-state index is 6.24. The van der Waals surface area contributed by atoms with Gasteiger partial charge in [0.2, 0.25) is 0 Å². The second-order valence-corrected chi connectivity index (χ2v) is 5.65. The van der Waals surface area contributed by atoms with Gasteiger partial charge >= 0.3 is 0 Å². The topological polar surface area (TPSA) is 39.2 Å². The SMILES string of the molecule is CCc1ccc(CC(N)c2cc(C)oc2C)s1. The normalized spacial score (nSPS) is 12.9. The summed E-state index contributed by atoms with van der Waals surface area (Å²) < 4.78 is 5.52. The van der Waals surface area contributed by atoms with E-state index in [0.29, 0.717) is 0 Å². The Balaban J connectivity index is 2.11. The van der Waals surface area contributed by atoms with Crippen LogP contribution in [0.1, 0.15) is 39.8 Å². The van der Waals surface area contributed by atoms with Gasteiger partial charge in [-0.3, -0.25) is 0 Å². The molecule has 17 heavy (non-hydrogen) atoms. The fourth-order valence-electron chi connectivity index (χ4n) is 2.07. The summed E-state index contributed by atoms with van der Waals surface area (Å²) >= 11 is 1.86. The first-order valence-electron chi connectivity index (χ1n) is 6.00. The standard InChI is InChI=1S/C14H19NOS/c1-4-11-5-6-12(17-11)8-14(15)13-7-9(2)16-10(13)3/h5-7,14H,4,8,15H2,1-3H3. The lowest BCUT2D eigenvalue weighted by atomic mass is 10.0. The molecule has 0 radical (unpaired) electrons. The minimum atomic E-state index is 0.0378. The summed E-state index contributed by atoms with van der Waals surface area (Å²) in [5.41, 5.74) is 7.37. The molecule has 0 aliphatic carbocycles. The molecule has 3 heteroatoms. The van der Waals surface area contributed by atoms with Crippen molar-refractivity contribution in [2.24, 2.45) is 5.73 Å². The average Bonchev–Trinajstić information content (AvgIpc) is 2.85. The van der Waals surface area contributed by atoms with Crippen LogP contribution in [0.3, 0.4) is 0 Å². The van der Waals surface area contributed by atoms with Gasteiger partial charge in [-0.25, -0.2) is 0 Å². The Hall–Kier alpha value is -1.06. The first-order chi connectivity index (χ1) is 8.10. The van der Waals surface area contributed by atoms with Crippen LogP contribution in [0.2, 0.25) is 0 Å². The highest BCUT2D eigenvalue weighted by Gasteiger charge is 2.14. The molecule has 2 aromatic heterocycles. The van der Waals surface area contributed by atoms with Gasteiger partial charge < -0.3 is 10.2 Å². The summed E-state index contributed by atoms with van der Waals surface area (Å²) in [5.74, 6) is 1.88. The van der Waals surface area contributed by atoms with E-state index in [1.807, 2.05) is 31.3 Å². The summed E-state index contributed by atoms with van der Waals surface area (Å²) in [5, 5.41) is 0. The maximum atomic E-state index is 6.24. The quantitative estimate of drug-likeness (QED) is 0.896. The lowest BCUT2D eigenvalue weighted by Gasteiger charge is -2.08. The summed E-state index contributed by atoms with van der Waals surface area (Å²) in [6.07, 6.45) is 1.99. The number of rotatable bonds is 4. The van der Waals surface area contributed by atoms with Crippen molar-refractivity contribution in [3.8, 4) is 0 Å². The Kier molecular flexibility index (Phi) is 3.69. The molecule has 0 aliphatic rings. The first kappa shape index (κ1) is 12.4. The van der Waals surface area contributed by atoms with E-state index < -0.39 is 0 Å². The van der Waals surface area contributed by atoms with Crippen molar-refractivity contribution in [1.29, 1.82) is 0 Å². The van der Waals surface area contributed by atoms with E-state index in [-0.39, 0.29) is 6.04 Å². The molecule has 92 valence electrons. The third-order valence-electron chi connectivity index (χ3n) is 2.97. The lowest BCUT2D eigenvalue weighted by Crippen LogP contribution is -2.12. The van der Waals surface area contributed by atoms with E-state index in [9.17, 15) is 0 Å². The number of hydrogen-bond acceptors (Lipinski definition) is 3. The van der Waals surface area contributed by atoms with Crippen LogP contribution in [0.15, 0.2) is 22.6 Å². The zero-order valence-corrected chi connectivity index (χ0v) is 11.4. The Bertz CT molecular complexity index is 498. The molecular weight excluding hydrogens is 230 g/mol. The third-order valence-corrected chi connectivity index (χ3v) is 4.22. The zero-order valence-electron chi connectivity index (χ0n) is 10.6. The molecule has 2 aromatic rings. The van der Waals surface area contributed by atoms with Gasteiger partial charge in [-0.1, -0.05) is 6.92 Å². The third kappa shape index (κ3) is 2.79. The predicted octanol–water partition coefficient (Wildman–Crippen LogP) is 3.76. The van der Waals surface area contributed by atoms with Crippen LogP contribution in [0, 0.1) is 13.8 Å². The highest BCUT2D eigenvalue weighted by Crippen LogP contribution is 2.26. The first-order valence-corrected chi connectivity index (χ1v) is 6.82. The molecule has 0 saturated heterocycles. The van der Waals surface area contributed by atoms with Gasteiger partial charge in [0.15, 0.2) is 0 Å². The monoisotopic (exact) mass is 249 g/mol. The van der Waals surface area contributed by atoms with Gasteiger partial charge in [0.1, 0.15) is 11.5 Å². The van der Waals surface area contributed by atoms with Gasteiger partial charge in [-0.2, -0.15) is 0 Å². The highest BCUT2D eigenvalue weighted by atomic mass is 32.1. The second-order valence-electron chi connectivity index (χ2n) is 4.40. The van der Waals surface area contributed by atoms with E-state index in [2.05, 4.69) is 19.1 Å². The molecule has 0 saturated carbocycles. The molecule has 2 heterocycles. The van der Waals surface area contributed by atoms with Crippen molar-refractivity contribution in [1.82, 2.24) is 0 Å². The second kappa shape index (κ2) is 5.07. The molecule has 0 bridgehead atoms. The highest BCUT2D eigenvalue weighted by molar-refractivity contribution is 7.11. The number of furan rings is 1. The van der Waals surface area contributed by atoms with Gasteiger partial charge in [-0.15, -0.1) is 11.3 Å². The molecule has 1 atom stereocenters. The molecule has 0 aromatic carbocycles. The molecule has 0 fully saturated rings. The molecule has 1 unspecified atom stereocenters. The van der Waals surface area contributed by atoms with Crippen LogP contribution in [-0.2, 0) is 12.8 Å². The smallest absolute Gasteiger partial charge is 0.105 e. The molecule has 0 amide bonds. The summed E-state index contributed by atoms with van der Waals surface area (Å²) in [6, 6.07) is 6.47. The molecule has 2 rings (SSSR count). The molecule has 2 N–H and O–H groups in total. The molecule has 0 aliphatic heterocycles. The number of thiophene rings is 1. The van der Waals surface area contributed by atoms with E-state index in [1.165, 1.54) is 9.75 Å². The number of aryl methyl sites for hydroxylation is 3. The molecule has 0 spiro atoms. The minimum absolute atomic E-state index is 0.0378. The minimum Gasteiger partial charge on any atom is -0.466 e. The Morgan fingerprint density at radius 3 is 2.53 bits per heavy atom. The van der Waals surface area contributed by atoms with Crippen LogP contribution in [0.4, 0.5) is 0 Å². The molecular formula is C14H19NOS. The van der Waals surface area contributed by atoms with Crippen molar-refractivity contribution >= 4 is 11.3 Å². The van der Waals surface area contributed by atoms with Crippen LogP contribution in [0.5, 0.6) is 0 Å². The summed E-state index contributed by atoms with van der Waals surface area (Å²) in [4.78, 5) is 2.78. The van der Waals surface area contributed by atoms with E-state index in [4.69, 9.17) is 10.2 Å². The fourth-order valence-corrected chi connectivity index (χ4v) is 3.08. The summed E-state index contributed by atoms with van der Waals surface area (Å²) in [6.45, 7) is 6.12. The van der Waals surface area contributed by atoms with Gasteiger partial charge in [0.05, 0.1) is 0 Å². The van der Waals surface area contributed by atoms with Gasteiger partial charge in [0.25, 0.3) is 0 Å². The van der Waals surface area contributed by atoms with E-state index in [1.54, 1.807) is 0 Å². The fraction of sp³-hybridized carbons (Fsp3) is 0.429. The maximum Gasteiger partial charge on any atom is 0.105 e. The van der Waals surface area contributed by atoms with Crippen LogP contribution < -0.4 is 5.73 Å². The van der Waals surface area contributed by atoms with Crippen molar-refractivity contribution < 1.29 is 4.42 Å². The number of hydrogen-bond donors (Lipinski definition) is 1. The predicted molar refractivity (Wildman–Crippen MR) is 72.5 cm³/mol. The Labute approximate surface area is 106 Å². The lowest BCUT2D eigenvalue weighted by molar-refractivity contribution is 0.497. The number of nitrogens with two attached hydrogens (primary N) is 1. The average molecular weight is 249 g/mol. The largest absolute Gasteiger partial charge is 0.466 e. The molecule has 2 nitrogen and oxygen atoms in total. The Morgan fingerprint density at radius 2 is 2.00 bits per heavy atom. The van der Waals surface area contributed by atoms with Crippen LogP contribution >= 0.6 is 11.3 Å². The van der Waals surface area contributed by atoms with Crippen LogP contribution in [-0.4, -0.2) is 0 Å². The van der Waals surface area contributed by atoms with Crippen molar-refractivity contribution in [2.45, 2.75) is 39.7 Å². The zero-order chi connectivity index (χ0) is 12.4. The van der Waals surface area contributed by atoms with Crippen molar-refractivity contribution in [3.63, 3.8) is 0 Å². The van der Waals surface area contributed by atoms with Crippen molar-refractivity contribution in [3.05, 3.63) is 45.0 Å². The van der Waals surface area contributed by atoms with E-state index in [0.717, 1.165) is 29.9 Å². The summed E-state index contributed by atoms with van der Waals surface area (Å²) in [7, 11) is 0.